The lowest BCUT2D eigenvalue weighted by atomic mass is 9.88. The molecular formula is C17H24Cl2N4O. The summed E-state index contributed by atoms with van der Waals surface area (Å²) in [4.78, 5) is 12.1. The summed E-state index contributed by atoms with van der Waals surface area (Å²) in [6.45, 7) is 2.16. The highest BCUT2D eigenvalue weighted by Crippen LogP contribution is 2.34. The van der Waals surface area contributed by atoms with Gasteiger partial charge in [-0.15, -0.1) is 24.8 Å². The van der Waals surface area contributed by atoms with E-state index in [4.69, 9.17) is 5.73 Å². The number of anilines is 1. The van der Waals surface area contributed by atoms with Gasteiger partial charge in [0.2, 0.25) is 5.91 Å². The van der Waals surface area contributed by atoms with Crippen LogP contribution in [-0.4, -0.2) is 22.2 Å². The van der Waals surface area contributed by atoms with Gasteiger partial charge < -0.3 is 11.1 Å². The van der Waals surface area contributed by atoms with Gasteiger partial charge in [-0.25, -0.2) is 4.68 Å². The molecule has 1 aliphatic carbocycles. The number of amides is 1. The molecule has 7 heteroatoms. The second-order valence-corrected chi connectivity index (χ2v) is 5.89. The lowest BCUT2D eigenvalue weighted by Gasteiger charge is -2.27. The lowest BCUT2D eigenvalue weighted by molar-refractivity contribution is -0.119. The lowest BCUT2D eigenvalue weighted by Crippen LogP contribution is -2.29. The van der Waals surface area contributed by atoms with Gasteiger partial charge in [-0.05, 0) is 30.4 Å². The standard InChI is InChI=1S/C17H22N4O.2ClH/c1-12(11-18)17(22)20-16-9-10-19-21(16)15-8-4-6-13-5-2-3-7-14(13)15;;/h2-3,5,7,9-10,12,15H,4,6,8,11,18H2,1H3,(H,20,22);2*1H. The zero-order valence-electron chi connectivity index (χ0n) is 13.6. The maximum atomic E-state index is 12.1. The van der Waals surface area contributed by atoms with Crippen molar-refractivity contribution in [3.8, 4) is 0 Å². The predicted molar refractivity (Wildman–Crippen MR) is 101 cm³/mol. The number of carbonyl (C=O) groups is 1. The summed E-state index contributed by atoms with van der Waals surface area (Å²) in [5, 5.41) is 7.40. The van der Waals surface area contributed by atoms with Crippen LogP contribution in [0.1, 0.15) is 36.9 Å². The molecule has 1 amide bonds. The fourth-order valence-electron chi connectivity index (χ4n) is 3.00. The van der Waals surface area contributed by atoms with Crippen LogP contribution in [0.4, 0.5) is 5.82 Å². The summed E-state index contributed by atoms with van der Waals surface area (Å²) in [5.41, 5.74) is 8.24. The number of aromatic nitrogens is 2. The van der Waals surface area contributed by atoms with Gasteiger partial charge in [-0.1, -0.05) is 31.2 Å². The Labute approximate surface area is 154 Å². The fourth-order valence-corrected chi connectivity index (χ4v) is 3.00. The number of aryl methyl sites for hydroxylation is 1. The fraction of sp³-hybridized carbons (Fsp3) is 0.412. The summed E-state index contributed by atoms with van der Waals surface area (Å²) in [5.74, 6) is 0.474. The number of fused-ring (bicyclic) bond motifs is 1. The van der Waals surface area contributed by atoms with E-state index in [0.29, 0.717) is 6.54 Å². The van der Waals surface area contributed by atoms with E-state index in [-0.39, 0.29) is 42.7 Å². The average molecular weight is 371 g/mol. The minimum absolute atomic E-state index is 0. The van der Waals surface area contributed by atoms with Gasteiger partial charge >= 0.3 is 0 Å². The largest absolute Gasteiger partial charge is 0.330 e. The summed E-state index contributed by atoms with van der Waals surface area (Å²) < 4.78 is 1.93. The third-order valence-electron chi connectivity index (χ3n) is 4.36. The van der Waals surface area contributed by atoms with Crippen molar-refractivity contribution in [2.75, 3.05) is 11.9 Å². The van der Waals surface area contributed by atoms with Crippen molar-refractivity contribution in [1.82, 2.24) is 9.78 Å². The Hall–Kier alpha value is -1.56. The topological polar surface area (TPSA) is 72.9 Å². The molecule has 1 heterocycles. The molecule has 24 heavy (non-hydrogen) atoms. The number of rotatable bonds is 4. The Morgan fingerprint density at radius 2 is 2.12 bits per heavy atom. The molecule has 0 radical (unpaired) electrons. The first-order valence-electron chi connectivity index (χ1n) is 7.83. The van der Waals surface area contributed by atoms with Crippen molar-refractivity contribution in [2.24, 2.45) is 11.7 Å². The molecule has 0 bridgehead atoms. The van der Waals surface area contributed by atoms with Crippen LogP contribution in [0, 0.1) is 5.92 Å². The molecule has 1 aromatic heterocycles. The van der Waals surface area contributed by atoms with E-state index in [1.165, 1.54) is 11.1 Å². The van der Waals surface area contributed by atoms with Crippen LogP contribution in [-0.2, 0) is 11.2 Å². The van der Waals surface area contributed by atoms with Crippen molar-refractivity contribution >= 4 is 36.5 Å². The van der Waals surface area contributed by atoms with Crippen LogP contribution >= 0.6 is 24.8 Å². The van der Waals surface area contributed by atoms with E-state index in [9.17, 15) is 4.79 Å². The third-order valence-corrected chi connectivity index (χ3v) is 4.36. The molecular weight excluding hydrogens is 347 g/mol. The molecule has 1 aromatic carbocycles. The van der Waals surface area contributed by atoms with E-state index in [1.54, 1.807) is 6.20 Å². The van der Waals surface area contributed by atoms with Crippen LogP contribution in [0.25, 0.3) is 0 Å². The van der Waals surface area contributed by atoms with Crippen LogP contribution < -0.4 is 11.1 Å². The average Bonchev–Trinajstić information content (AvgIpc) is 3.01. The van der Waals surface area contributed by atoms with Gasteiger partial charge in [0.1, 0.15) is 5.82 Å². The third kappa shape index (κ3) is 4.09. The SMILES string of the molecule is CC(CN)C(=O)Nc1ccnn1C1CCCc2ccccc21.Cl.Cl. The van der Waals surface area contributed by atoms with Crippen molar-refractivity contribution in [2.45, 2.75) is 32.2 Å². The van der Waals surface area contributed by atoms with E-state index < -0.39 is 0 Å². The predicted octanol–water partition coefficient (Wildman–Crippen LogP) is 3.19. The highest BCUT2D eigenvalue weighted by atomic mass is 35.5. The van der Waals surface area contributed by atoms with Gasteiger partial charge in [0.15, 0.2) is 0 Å². The van der Waals surface area contributed by atoms with E-state index in [0.717, 1.165) is 25.1 Å². The quantitative estimate of drug-likeness (QED) is 0.867. The Morgan fingerprint density at radius 1 is 1.38 bits per heavy atom. The van der Waals surface area contributed by atoms with Crippen LogP contribution in [0.2, 0.25) is 0 Å². The molecule has 3 N–H and O–H groups in total. The molecule has 0 aliphatic heterocycles. The number of nitrogens with zero attached hydrogens (tertiary/aromatic N) is 2. The first kappa shape index (κ1) is 20.5. The molecule has 5 nitrogen and oxygen atoms in total. The Morgan fingerprint density at radius 3 is 2.88 bits per heavy atom. The van der Waals surface area contributed by atoms with Crippen LogP contribution in [0.15, 0.2) is 36.5 Å². The van der Waals surface area contributed by atoms with Crippen molar-refractivity contribution in [1.29, 1.82) is 0 Å². The Bertz CT molecular complexity index is 674. The number of hydrogen-bond acceptors (Lipinski definition) is 3. The maximum absolute atomic E-state index is 12.1. The molecule has 1 aliphatic rings. The first-order chi connectivity index (χ1) is 10.7. The molecule has 2 aromatic rings. The number of nitrogens with one attached hydrogen (secondary N) is 1. The van der Waals surface area contributed by atoms with Gasteiger partial charge in [0, 0.05) is 18.5 Å². The van der Waals surface area contributed by atoms with Crippen LogP contribution in [0.5, 0.6) is 0 Å². The molecule has 3 rings (SSSR count). The van der Waals surface area contributed by atoms with E-state index >= 15 is 0 Å². The van der Waals surface area contributed by atoms with Crippen molar-refractivity contribution < 1.29 is 4.79 Å². The van der Waals surface area contributed by atoms with Crippen molar-refractivity contribution in [3.63, 3.8) is 0 Å². The molecule has 0 saturated carbocycles. The smallest absolute Gasteiger partial charge is 0.229 e. The summed E-state index contributed by atoms with van der Waals surface area (Å²) >= 11 is 0. The normalized spacial score (nSPS) is 17.0. The summed E-state index contributed by atoms with van der Waals surface area (Å²) in [6.07, 6.45) is 5.02. The molecule has 0 fully saturated rings. The number of halogens is 2. The maximum Gasteiger partial charge on any atom is 0.229 e. The first-order valence-corrected chi connectivity index (χ1v) is 7.83. The van der Waals surface area contributed by atoms with Gasteiger partial charge in [-0.3, -0.25) is 4.79 Å². The van der Waals surface area contributed by atoms with Crippen LogP contribution in [0.3, 0.4) is 0 Å². The van der Waals surface area contributed by atoms with E-state index in [1.807, 2.05) is 17.7 Å². The van der Waals surface area contributed by atoms with E-state index in [2.05, 4.69) is 34.7 Å². The zero-order valence-corrected chi connectivity index (χ0v) is 15.3. The molecule has 132 valence electrons. The van der Waals surface area contributed by atoms with Gasteiger partial charge in [0.25, 0.3) is 0 Å². The van der Waals surface area contributed by atoms with Gasteiger partial charge in [0.05, 0.1) is 12.2 Å². The summed E-state index contributed by atoms with van der Waals surface area (Å²) in [6, 6.07) is 10.5. The minimum Gasteiger partial charge on any atom is -0.330 e. The number of hydrogen-bond donors (Lipinski definition) is 2. The highest BCUT2D eigenvalue weighted by molar-refractivity contribution is 5.91. The molecule has 0 spiro atoms. The Kier molecular flexibility index (Phi) is 7.73. The molecule has 2 unspecified atom stereocenters. The summed E-state index contributed by atoms with van der Waals surface area (Å²) in [7, 11) is 0. The molecule has 0 saturated heterocycles. The highest BCUT2D eigenvalue weighted by Gasteiger charge is 2.24. The number of nitrogens with two attached hydrogens (primary N) is 1. The van der Waals surface area contributed by atoms with Gasteiger partial charge in [-0.2, -0.15) is 5.10 Å². The monoisotopic (exact) mass is 370 g/mol. The Balaban J connectivity index is 0.00000144. The minimum atomic E-state index is -0.206. The van der Waals surface area contributed by atoms with Crippen molar-refractivity contribution in [3.05, 3.63) is 47.7 Å². The number of carbonyl (C=O) groups excluding carboxylic acids is 1. The second-order valence-electron chi connectivity index (χ2n) is 5.89. The second kappa shape index (κ2) is 9.06. The number of benzene rings is 1. The molecule has 2 atom stereocenters. The zero-order chi connectivity index (χ0) is 15.5.